The molecule has 0 radical (unpaired) electrons. The highest BCUT2D eigenvalue weighted by molar-refractivity contribution is 5.79. The average molecular weight is 336 g/mol. The van der Waals surface area contributed by atoms with Crippen LogP contribution in [0.3, 0.4) is 0 Å². The van der Waals surface area contributed by atoms with Crippen LogP contribution in [0.15, 0.2) is 53.7 Å². The number of rotatable bonds is 4. The van der Waals surface area contributed by atoms with Crippen molar-refractivity contribution in [3.8, 4) is 5.75 Å². The molecule has 7 nitrogen and oxygen atoms in total. The minimum absolute atomic E-state index is 0.116. The minimum atomic E-state index is 0.116. The number of nitrogens with zero attached hydrogens (tertiary/aromatic N) is 4. The average Bonchev–Trinajstić information content (AvgIpc) is 3.25. The van der Waals surface area contributed by atoms with Crippen molar-refractivity contribution in [2.24, 2.45) is 4.99 Å². The molecule has 1 unspecified atom stereocenters. The molecule has 0 fully saturated rings. The zero-order valence-electron chi connectivity index (χ0n) is 14.0. The van der Waals surface area contributed by atoms with Crippen molar-refractivity contribution in [2.45, 2.75) is 19.1 Å². The fourth-order valence-electron chi connectivity index (χ4n) is 2.97. The Labute approximate surface area is 145 Å². The zero-order valence-corrected chi connectivity index (χ0v) is 14.0. The molecular formula is C18H20N6O. The lowest BCUT2D eigenvalue weighted by atomic mass is 10.1. The number of benzene rings is 1. The van der Waals surface area contributed by atoms with Crippen LogP contribution in [0.2, 0.25) is 0 Å². The Bertz CT molecular complexity index is 878. The van der Waals surface area contributed by atoms with Gasteiger partial charge in [-0.3, -0.25) is 9.39 Å². The Morgan fingerprint density at radius 1 is 1.20 bits per heavy atom. The fraction of sp³-hybridized carbons (Fsp3) is 0.278. The van der Waals surface area contributed by atoms with E-state index in [0.29, 0.717) is 19.0 Å². The molecule has 1 aliphatic heterocycles. The summed E-state index contributed by atoms with van der Waals surface area (Å²) >= 11 is 0. The van der Waals surface area contributed by atoms with Gasteiger partial charge < -0.3 is 15.4 Å². The van der Waals surface area contributed by atoms with E-state index in [9.17, 15) is 0 Å². The molecule has 7 heteroatoms. The van der Waals surface area contributed by atoms with E-state index in [1.54, 1.807) is 7.05 Å². The monoisotopic (exact) mass is 336 g/mol. The fourth-order valence-corrected chi connectivity index (χ4v) is 2.97. The number of guanidine groups is 1. The number of pyridine rings is 1. The molecule has 128 valence electrons. The van der Waals surface area contributed by atoms with E-state index >= 15 is 0 Å². The van der Waals surface area contributed by atoms with Gasteiger partial charge in [-0.05, 0) is 23.8 Å². The summed E-state index contributed by atoms with van der Waals surface area (Å²) in [5.74, 6) is 2.53. The highest BCUT2D eigenvalue weighted by Crippen LogP contribution is 2.27. The van der Waals surface area contributed by atoms with Crippen LogP contribution in [-0.2, 0) is 13.0 Å². The zero-order chi connectivity index (χ0) is 17.1. The summed E-state index contributed by atoms with van der Waals surface area (Å²) in [7, 11) is 1.75. The third-order valence-electron chi connectivity index (χ3n) is 4.23. The smallest absolute Gasteiger partial charge is 0.191 e. The molecule has 0 amide bonds. The van der Waals surface area contributed by atoms with Gasteiger partial charge in [-0.2, -0.15) is 0 Å². The van der Waals surface area contributed by atoms with Crippen molar-refractivity contribution in [1.29, 1.82) is 0 Å². The molecule has 3 aromatic rings. The molecule has 0 saturated heterocycles. The first-order chi connectivity index (χ1) is 12.3. The lowest BCUT2D eigenvalue weighted by molar-refractivity contribution is 0.235. The van der Waals surface area contributed by atoms with Crippen LogP contribution in [0, 0.1) is 0 Å². The van der Waals surface area contributed by atoms with Crippen LogP contribution < -0.4 is 15.4 Å². The van der Waals surface area contributed by atoms with Crippen LogP contribution in [-0.4, -0.2) is 40.3 Å². The standard InChI is InChI=1S/C18H20N6O/c1-19-18(20-11-14-10-13-6-2-3-7-15(13)25-14)21-12-17-23-22-16-8-4-5-9-24(16)17/h2-9,14H,10-12H2,1H3,(H2,19,20,21). The number of hydrogen-bond donors (Lipinski definition) is 2. The Kier molecular flexibility index (Phi) is 4.20. The van der Waals surface area contributed by atoms with Crippen LogP contribution in [0.25, 0.3) is 5.65 Å². The molecule has 1 atom stereocenters. The van der Waals surface area contributed by atoms with Gasteiger partial charge >= 0.3 is 0 Å². The largest absolute Gasteiger partial charge is 0.488 e. The van der Waals surface area contributed by atoms with Crippen molar-refractivity contribution >= 4 is 11.6 Å². The highest BCUT2D eigenvalue weighted by atomic mass is 16.5. The predicted octanol–water partition coefficient (Wildman–Crippen LogP) is 1.40. The molecule has 0 bridgehead atoms. The van der Waals surface area contributed by atoms with E-state index in [1.165, 1.54) is 5.56 Å². The summed E-state index contributed by atoms with van der Waals surface area (Å²) in [5.41, 5.74) is 2.09. The maximum absolute atomic E-state index is 5.94. The van der Waals surface area contributed by atoms with E-state index in [0.717, 1.165) is 23.6 Å². The van der Waals surface area contributed by atoms with Gasteiger partial charge in [0.25, 0.3) is 0 Å². The molecular weight excluding hydrogens is 316 g/mol. The third-order valence-corrected chi connectivity index (χ3v) is 4.23. The second-order valence-corrected chi connectivity index (χ2v) is 5.90. The summed E-state index contributed by atoms with van der Waals surface area (Å²) in [4.78, 5) is 4.26. The van der Waals surface area contributed by atoms with E-state index in [4.69, 9.17) is 4.74 Å². The van der Waals surface area contributed by atoms with Crippen molar-refractivity contribution in [3.63, 3.8) is 0 Å². The quantitative estimate of drug-likeness (QED) is 0.556. The molecule has 3 heterocycles. The van der Waals surface area contributed by atoms with Gasteiger partial charge in [0.05, 0.1) is 13.1 Å². The third kappa shape index (κ3) is 3.26. The van der Waals surface area contributed by atoms with E-state index in [1.807, 2.05) is 47.0 Å². The molecule has 0 aliphatic carbocycles. The summed E-state index contributed by atoms with van der Waals surface area (Å²) < 4.78 is 7.89. The number of para-hydroxylation sites is 1. The second kappa shape index (κ2) is 6.80. The van der Waals surface area contributed by atoms with Crippen molar-refractivity contribution < 1.29 is 4.74 Å². The summed E-state index contributed by atoms with van der Waals surface area (Å²) in [6.45, 7) is 1.23. The van der Waals surface area contributed by atoms with Crippen molar-refractivity contribution in [3.05, 3.63) is 60.0 Å². The van der Waals surface area contributed by atoms with E-state index in [-0.39, 0.29) is 6.10 Å². The Hall–Kier alpha value is -3.09. The lowest BCUT2D eigenvalue weighted by Gasteiger charge is -2.15. The number of aromatic nitrogens is 3. The number of hydrogen-bond acceptors (Lipinski definition) is 4. The van der Waals surface area contributed by atoms with Crippen LogP contribution in [0.5, 0.6) is 5.75 Å². The van der Waals surface area contributed by atoms with Crippen molar-refractivity contribution in [1.82, 2.24) is 25.2 Å². The number of nitrogens with one attached hydrogen (secondary N) is 2. The molecule has 1 aliphatic rings. The first-order valence-corrected chi connectivity index (χ1v) is 8.31. The van der Waals surface area contributed by atoms with Gasteiger partial charge in [-0.25, -0.2) is 0 Å². The predicted molar refractivity (Wildman–Crippen MR) is 95.8 cm³/mol. The van der Waals surface area contributed by atoms with Gasteiger partial charge in [-0.1, -0.05) is 24.3 Å². The topological polar surface area (TPSA) is 75.8 Å². The SMILES string of the molecule is CN=C(NCc1nnc2ccccn12)NCC1Cc2ccccc2O1. The molecule has 25 heavy (non-hydrogen) atoms. The molecule has 2 N–H and O–H groups in total. The first kappa shape index (κ1) is 15.4. The lowest BCUT2D eigenvalue weighted by Crippen LogP contribution is -2.42. The Morgan fingerprint density at radius 2 is 2.08 bits per heavy atom. The Morgan fingerprint density at radius 3 is 2.96 bits per heavy atom. The second-order valence-electron chi connectivity index (χ2n) is 5.90. The maximum Gasteiger partial charge on any atom is 0.191 e. The maximum atomic E-state index is 5.94. The molecule has 0 spiro atoms. The molecule has 4 rings (SSSR count). The molecule has 1 aromatic carbocycles. The first-order valence-electron chi connectivity index (χ1n) is 8.31. The van der Waals surface area contributed by atoms with Gasteiger partial charge in [0.15, 0.2) is 17.4 Å². The Balaban J connectivity index is 1.32. The normalized spacial score (nSPS) is 16.5. The van der Waals surface area contributed by atoms with Gasteiger partial charge in [0.1, 0.15) is 11.9 Å². The van der Waals surface area contributed by atoms with Crippen molar-refractivity contribution in [2.75, 3.05) is 13.6 Å². The number of fused-ring (bicyclic) bond motifs is 2. The van der Waals surface area contributed by atoms with Crippen LogP contribution in [0.4, 0.5) is 0 Å². The number of ether oxygens (including phenoxy) is 1. The van der Waals surface area contributed by atoms with Gasteiger partial charge in [0.2, 0.25) is 0 Å². The summed E-state index contributed by atoms with van der Waals surface area (Å²) in [5, 5.41) is 14.9. The highest BCUT2D eigenvalue weighted by Gasteiger charge is 2.22. The minimum Gasteiger partial charge on any atom is -0.488 e. The number of aliphatic imine (C=N–C) groups is 1. The molecule has 0 saturated carbocycles. The van der Waals surface area contributed by atoms with Gasteiger partial charge in [-0.15, -0.1) is 10.2 Å². The van der Waals surface area contributed by atoms with Crippen LogP contribution in [0.1, 0.15) is 11.4 Å². The van der Waals surface area contributed by atoms with Crippen LogP contribution >= 0.6 is 0 Å². The summed E-state index contributed by atoms with van der Waals surface area (Å²) in [6.07, 6.45) is 2.98. The van der Waals surface area contributed by atoms with E-state index in [2.05, 4.69) is 31.9 Å². The van der Waals surface area contributed by atoms with E-state index < -0.39 is 0 Å². The van der Waals surface area contributed by atoms with Gasteiger partial charge in [0, 0.05) is 19.7 Å². The summed E-state index contributed by atoms with van der Waals surface area (Å²) in [6, 6.07) is 14.0. The molecule has 2 aromatic heterocycles.